The molecule has 0 unspecified atom stereocenters. The molecule has 0 aromatic heterocycles. The van der Waals surface area contributed by atoms with E-state index in [0.717, 1.165) is 5.56 Å². The van der Waals surface area contributed by atoms with E-state index in [1.54, 1.807) is 24.3 Å². The molecule has 1 amide bonds. The third-order valence-corrected chi connectivity index (χ3v) is 1.82. The first-order valence-corrected chi connectivity index (χ1v) is 4.39. The molecule has 0 radical (unpaired) electrons. The summed E-state index contributed by atoms with van der Waals surface area (Å²) >= 11 is 0. The van der Waals surface area contributed by atoms with Crippen LogP contribution in [0.3, 0.4) is 0 Å². The van der Waals surface area contributed by atoms with E-state index in [-0.39, 0.29) is 5.91 Å². The van der Waals surface area contributed by atoms with Gasteiger partial charge in [-0.1, -0.05) is 30.9 Å². The van der Waals surface area contributed by atoms with Crippen molar-refractivity contribution < 1.29 is 4.79 Å². The number of hydrogen-bond donors (Lipinski definition) is 1. The van der Waals surface area contributed by atoms with Gasteiger partial charge in [-0.25, -0.2) is 0 Å². The molecule has 0 spiro atoms. The van der Waals surface area contributed by atoms with Gasteiger partial charge in [-0.3, -0.25) is 4.79 Å². The average molecular weight is 187 g/mol. The van der Waals surface area contributed by atoms with Crippen LogP contribution < -0.4 is 5.32 Å². The Kier molecular flexibility index (Phi) is 3.68. The van der Waals surface area contributed by atoms with Crippen LogP contribution >= 0.6 is 0 Å². The standard InChI is InChI=1S/C12H13NO/c1-3-9-13-12(14)11-7-5-10(4-2)6-8-11/h3-8H,1-2,9H2,(H,13,14). The minimum atomic E-state index is -0.0829. The largest absolute Gasteiger partial charge is 0.349 e. The summed E-state index contributed by atoms with van der Waals surface area (Å²) in [5, 5.41) is 2.70. The third kappa shape index (κ3) is 2.59. The minimum Gasteiger partial charge on any atom is -0.349 e. The van der Waals surface area contributed by atoms with E-state index in [4.69, 9.17) is 0 Å². The third-order valence-electron chi connectivity index (χ3n) is 1.82. The number of nitrogens with one attached hydrogen (secondary N) is 1. The van der Waals surface area contributed by atoms with Crippen LogP contribution in [0.1, 0.15) is 15.9 Å². The van der Waals surface area contributed by atoms with Crippen LogP contribution in [0.2, 0.25) is 0 Å². The maximum Gasteiger partial charge on any atom is 0.251 e. The Labute approximate surface area is 84.0 Å². The van der Waals surface area contributed by atoms with E-state index >= 15 is 0 Å². The molecule has 0 heterocycles. The number of benzene rings is 1. The Balaban J connectivity index is 2.71. The smallest absolute Gasteiger partial charge is 0.251 e. The molecule has 0 saturated heterocycles. The van der Waals surface area contributed by atoms with Gasteiger partial charge < -0.3 is 5.32 Å². The van der Waals surface area contributed by atoms with Crippen LogP contribution in [-0.2, 0) is 0 Å². The minimum absolute atomic E-state index is 0.0829. The molecule has 1 aromatic carbocycles. The van der Waals surface area contributed by atoms with E-state index in [2.05, 4.69) is 18.5 Å². The first-order chi connectivity index (χ1) is 6.77. The lowest BCUT2D eigenvalue weighted by Crippen LogP contribution is -2.22. The molecule has 0 saturated carbocycles. The molecule has 0 aliphatic heterocycles. The van der Waals surface area contributed by atoms with E-state index in [1.807, 2.05) is 12.1 Å². The topological polar surface area (TPSA) is 29.1 Å². The second-order valence-corrected chi connectivity index (χ2v) is 2.82. The van der Waals surface area contributed by atoms with Crippen LogP contribution in [0.4, 0.5) is 0 Å². The fourth-order valence-electron chi connectivity index (χ4n) is 1.04. The Hall–Kier alpha value is -1.83. The van der Waals surface area contributed by atoms with Crippen LogP contribution in [0.15, 0.2) is 43.5 Å². The lowest BCUT2D eigenvalue weighted by molar-refractivity contribution is 0.0958. The van der Waals surface area contributed by atoms with Crippen molar-refractivity contribution in [2.45, 2.75) is 0 Å². The Morgan fingerprint density at radius 2 is 1.93 bits per heavy atom. The molecule has 0 fully saturated rings. The van der Waals surface area contributed by atoms with Gasteiger partial charge in [-0.2, -0.15) is 0 Å². The van der Waals surface area contributed by atoms with Crippen molar-refractivity contribution in [1.29, 1.82) is 0 Å². The summed E-state index contributed by atoms with van der Waals surface area (Å²) in [7, 11) is 0. The normalized spacial score (nSPS) is 9.14. The Morgan fingerprint density at radius 3 is 2.43 bits per heavy atom. The summed E-state index contributed by atoms with van der Waals surface area (Å²) in [6.07, 6.45) is 3.39. The van der Waals surface area contributed by atoms with Crippen LogP contribution in [-0.4, -0.2) is 12.5 Å². The highest BCUT2D eigenvalue weighted by Gasteiger charge is 2.01. The second kappa shape index (κ2) is 5.02. The second-order valence-electron chi connectivity index (χ2n) is 2.82. The molecule has 0 bridgehead atoms. The number of hydrogen-bond acceptors (Lipinski definition) is 1. The van der Waals surface area contributed by atoms with Gasteiger partial charge in [-0.15, -0.1) is 6.58 Å². The average Bonchev–Trinajstić information content (AvgIpc) is 2.26. The van der Waals surface area contributed by atoms with Gasteiger partial charge in [0, 0.05) is 12.1 Å². The zero-order valence-electron chi connectivity index (χ0n) is 7.99. The molecular formula is C12H13NO. The highest BCUT2D eigenvalue weighted by molar-refractivity contribution is 5.94. The van der Waals surface area contributed by atoms with Crippen molar-refractivity contribution >= 4 is 12.0 Å². The van der Waals surface area contributed by atoms with Crippen molar-refractivity contribution in [2.24, 2.45) is 0 Å². The van der Waals surface area contributed by atoms with Crippen LogP contribution in [0.25, 0.3) is 6.08 Å². The monoisotopic (exact) mass is 187 g/mol. The molecule has 2 nitrogen and oxygen atoms in total. The van der Waals surface area contributed by atoms with Gasteiger partial charge in [0.05, 0.1) is 0 Å². The van der Waals surface area contributed by atoms with Crippen molar-refractivity contribution in [3.05, 3.63) is 54.6 Å². The molecule has 1 aromatic rings. The van der Waals surface area contributed by atoms with Gasteiger partial charge >= 0.3 is 0 Å². The summed E-state index contributed by atoms with van der Waals surface area (Å²) in [5.74, 6) is -0.0829. The lowest BCUT2D eigenvalue weighted by Gasteiger charge is -2.02. The lowest BCUT2D eigenvalue weighted by atomic mass is 10.1. The van der Waals surface area contributed by atoms with E-state index in [0.29, 0.717) is 12.1 Å². The van der Waals surface area contributed by atoms with Gasteiger partial charge in [-0.05, 0) is 17.7 Å². The SMILES string of the molecule is C=CCNC(=O)c1ccc(C=C)cc1. The van der Waals surface area contributed by atoms with Crippen molar-refractivity contribution in [3.8, 4) is 0 Å². The molecule has 1 N–H and O–H groups in total. The predicted molar refractivity (Wildman–Crippen MR) is 59.1 cm³/mol. The van der Waals surface area contributed by atoms with Crippen LogP contribution in [0, 0.1) is 0 Å². The number of rotatable bonds is 4. The van der Waals surface area contributed by atoms with E-state index < -0.39 is 0 Å². The summed E-state index contributed by atoms with van der Waals surface area (Å²) in [4.78, 5) is 11.4. The summed E-state index contributed by atoms with van der Waals surface area (Å²) < 4.78 is 0. The molecule has 2 heteroatoms. The van der Waals surface area contributed by atoms with Crippen molar-refractivity contribution in [3.63, 3.8) is 0 Å². The van der Waals surface area contributed by atoms with Gasteiger partial charge in [0.2, 0.25) is 0 Å². The molecule has 0 atom stereocenters. The molecule has 72 valence electrons. The fraction of sp³-hybridized carbons (Fsp3) is 0.0833. The Bertz CT molecular complexity index is 338. The van der Waals surface area contributed by atoms with Crippen molar-refractivity contribution in [1.82, 2.24) is 5.32 Å². The van der Waals surface area contributed by atoms with Crippen molar-refractivity contribution in [2.75, 3.05) is 6.54 Å². The highest BCUT2D eigenvalue weighted by atomic mass is 16.1. The Morgan fingerprint density at radius 1 is 1.29 bits per heavy atom. The summed E-state index contributed by atoms with van der Waals surface area (Å²) in [5.41, 5.74) is 1.66. The maximum atomic E-state index is 11.4. The van der Waals surface area contributed by atoms with Gasteiger partial charge in [0.1, 0.15) is 0 Å². The fourth-order valence-corrected chi connectivity index (χ4v) is 1.04. The molecule has 1 rings (SSSR count). The number of amides is 1. The summed E-state index contributed by atoms with van der Waals surface area (Å²) in [6.45, 7) is 7.66. The molecular weight excluding hydrogens is 174 g/mol. The maximum absolute atomic E-state index is 11.4. The van der Waals surface area contributed by atoms with Gasteiger partial charge in [0.15, 0.2) is 0 Å². The van der Waals surface area contributed by atoms with Gasteiger partial charge in [0.25, 0.3) is 5.91 Å². The molecule has 0 aliphatic rings. The zero-order valence-corrected chi connectivity index (χ0v) is 7.99. The molecule has 0 aliphatic carbocycles. The number of carbonyl (C=O) groups excluding carboxylic acids is 1. The first-order valence-electron chi connectivity index (χ1n) is 4.39. The predicted octanol–water partition coefficient (Wildman–Crippen LogP) is 2.25. The van der Waals surface area contributed by atoms with E-state index in [1.165, 1.54) is 0 Å². The van der Waals surface area contributed by atoms with Crippen LogP contribution in [0.5, 0.6) is 0 Å². The van der Waals surface area contributed by atoms with E-state index in [9.17, 15) is 4.79 Å². The molecule has 14 heavy (non-hydrogen) atoms. The highest BCUT2D eigenvalue weighted by Crippen LogP contribution is 2.04. The summed E-state index contributed by atoms with van der Waals surface area (Å²) in [6, 6.07) is 7.26. The quantitative estimate of drug-likeness (QED) is 0.720. The zero-order chi connectivity index (χ0) is 10.4. The number of carbonyl (C=O) groups is 1. The first kappa shape index (κ1) is 10.3.